The Morgan fingerprint density at radius 2 is 1.85 bits per heavy atom. The van der Waals surface area contributed by atoms with Crippen molar-refractivity contribution in [3.05, 3.63) is 0 Å². The zero-order valence-corrected chi connectivity index (χ0v) is 14.8. The van der Waals surface area contributed by atoms with Gasteiger partial charge in [0.15, 0.2) is 0 Å². The molecule has 0 aliphatic heterocycles. The molecular formula is C18H38N2. The predicted molar refractivity (Wildman–Crippen MR) is 90.1 cm³/mol. The van der Waals surface area contributed by atoms with Gasteiger partial charge in [0.05, 0.1) is 0 Å². The molecule has 1 saturated carbocycles. The lowest BCUT2D eigenvalue weighted by Crippen LogP contribution is -2.46. The van der Waals surface area contributed by atoms with E-state index in [1.807, 2.05) is 0 Å². The van der Waals surface area contributed by atoms with Crippen LogP contribution in [-0.4, -0.2) is 37.6 Å². The van der Waals surface area contributed by atoms with Crippen molar-refractivity contribution in [1.29, 1.82) is 0 Å². The molecule has 0 spiro atoms. The Labute approximate surface area is 127 Å². The minimum Gasteiger partial charge on any atom is -0.317 e. The highest BCUT2D eigenvalue weighted by Gasteiger charge is 2.31. The van der Waals surface area contributed by atoms with Crippen LogP contribution in [0.25, 0.3) is 0 Å². The molecule has 0 bridgehead atoms. The van der Waals surface area contributed by atoms with Crippen LogP contribution in [0.15, 0.2) is 0 Å². The summed E-state index contributed by atoms with van der Waals surface area (Å²) < 4.78 is 0. The summed E-state index contributed by atoms with van der Waals surface area (Å²) in [4.78, 5) is 2.69. The maximum absolute atomic E-state index is 3.58. The third-order valence-electron chi connectivity index (χ3n) is 5.54. The average molecular weight is 283 g/mol. The second kappa shape index (κ2) is 9.04. The Morgan fingerprint density at radius 1 is 1.15 bits per heavy atom. The van der Waals surface area contributed by atoms with E-state index in [0.29, 0.717) is 0 Å². The second-order valence-electron chi connectivity index (χ2n) is 7.34. The first-order chi connectivity index (χ1) is 9.51. The van der Waals surface area contributed by atoms with Gasteiger partial charge >= 0.3 is 0 Å². The Morgan fingerprint density at radius 3 is 2.35 bits per heavy atom. The van der Waals surface area contributed by atoms with E-state index in [4.69, 9.17) is 0 Å². The normalized spacial score (nSPS) is 29.1. The van der Waals surface area contributed by atoms with Gasteiger partial charge in [-0.3, -0.25) is 0 Å². The summed E-state index contributed by atoms with van der Waals surface area (Å²) >= 11 is 0. The summed E-state index contributed by atoms with van der Waals surface area (Å²) in [6.07, 6.45) is 5.49. The Bertz CT molecular complexity index is 252. The van der Waals surface area contributed by atoms with Gasteiger partial charge in [0.25, 0.3) is 0 Å². The van der Waals surface area contributed by atoms with Crippen molar-refractivity contribution in [2.45, 2.75) is 66.3 Å². The summed E-state index contributed by atoms with van der Waals surface area (Å²) in [7, 11) is 2.15. The third kappa shape index (κ3) is 5.37. The summed E-state index contributed by atoms with van der Waals surface area (Å²) in [5.74, 6) is 3.45. The summed E-state index contributed by atoms with van der Waals surface area (Å²) in [5, 5.41) is 3.58. The van der Waals surface area contributed by atoms with Gasteiger partial charge in [0.2, 0.25) is 0 Å². The first-order valence-electron chi connectivity index (χ1n) is 8.91. The highest BCUT2D eigenvalue weighted by molar-refractivity contribution is 4.87. The monoisotopic (exact) mass is 282 g/mol. The zero-order chi connectivity index (χ0) is 15.1. The van der Waals surface area contributed by atoms with Crippen LogP contribution in [0.5, 0.6) is 0 Å². The van der Waals surface area contributed by atoms with E-state index < -0.39 is 0 Å². The average Bonchev–Trinajstić information content (AvgIpc) is 2.45. The molecule has 4 unspecified atom stereocenters. The molecule has 1 fully saturated rings. The molecule has 0 aromatic carbocycles. The molecule has 4 atom stereocenters. The number of nitrogens with zero attached hydrogens (tertiary/aromatic N) is 1. The standard InChI is InChI=1S/C18H38N2/c1-7-15(5)12-20(8-2)13-17-11-16(14(3)4)9-10-18(17)19-6/h14-19H,7-13H2,1-6H3. The molecule has 0 radical (unpaired) electrons. The molecule has 20 heavy (non-hydrogen) atoms. The van der Waals surface area contributed by atoms with Crippen molar-refractivity contribution in [2.24, 2.45) is 23.7 Å². The first-order valence-corrected chi connectivity index (χ1v) is 8.91. The molecule has 1 aliphatic rings. The molecule has 120 valence electrons. The van der Waals surface area contributed by atoms with E-state index in [1.165, 1.54) is 45.3 Å². The molecule has 1 aliphatic carbocycles. The predicted octanol–water partition coefficient (Wildman–Crippen LogP) is 4.01. The summed E-state index contributed by atoms with van der Waals surface area (Å²) in [6, 6.07) is 0.732. The second-order valence-corrected chi connectivity index (χ2v) is 7.34. The molecule has 0 amide bonds. The molecule has 0 aromatic rings. The minimum atomic E-state index is 0.732. The summed E-state index contributed by atoms with van der Waals surface area (Å²) in [5.41, 5.74) is 0. The topological polar surface area (TPSA) is 15.3 Å². The van der Waals surface area contributed by atoms with Gasteiger partial charge in [-0.2, -0.15) is 0 Å². The van der Waals surface area contributed by atoms with Crippen LogP contribution >= 0.6 is 0 Å². The van der Waals surface area contributed by atoms with Gasteiger partial charge < -0.3 is 10.2 Å². The van der Waals surface area contributed by atoms with E-state index in [2.05, 4.69) is 51.9 Å². The molecule has 1 rings (SSSR count). The van der Waals surface area contributed by atoms with E-state index >= 15 is 0 Å². The van der Waals surface area contributed by atoms with Crippen LogP contribution in [0.4, 0.5) is 0 Å². The van der Waals surface area contributed by atoms with Gasteiger partial charge in [-0.15, -0.1) is 0 Å². The van der Waals surface area contributed by atoms with Gasteiger partial charge in [-0.05, 0) is 56.5 Å². The number of rotatable bonds is 8. The molecule has 2 nitrogen and oxygen atoms in total. The number of hydrogen-bond donors (Lipinski definition) is 1. The fourth-order valence-corrected chi connectivity index (χ4v) is 3.72. The first kappa shape index (κ1) is 18.0. The summed E-state index contributed by atoms with van der Waals surface area (Å²) in [6.45, 7) is 15.6. The van der Waals surface area contributed by atoms with Crippen molar-refractivity contribution in [3.8, 4) is 0 Å². The lowest BCUT2D eigenvalue weighted by molar-refractivity contribution is 0.119. The van der Waals surface area contributed by atoms with E-state index in [1.54, 1.807) is 0 Å². The van der Waals surface area contributed by atoms with Crippen LogP contribution in [-0.2, 0) is 0 Å². The number of hydrogen-bond acceptors (Lipinski definition) is 2. The van der Waals surface area contributed by atoms with E-state index in [-0.39, 0.29) is 0 Å². The van der Waals surface area contributed by atoms with E-state index in [0.717, 1.165) is 29.7 Å². The third-order valence-corrected chi connectivity index (χ3v) is 5.54. The fraction of sp³-hybridized carbons (Fsp3) is 1.00. The molecule has 2 heteroatoms. The van der Waals surface area contributed by atoms with Gasteiger partial charge in [-0.25, -0.2) is 0 Å². The van der Waals surface area contributed by atoms with Crippen molar-refractivity contribution >= 4 is 0 Å². The van der Waals surface area contributed by atoms with Gasteiger partial charge in [0, 0.05) is 19.1 Å². The van der Waals surface area contributed by atoms with E-state index in [9.17, 15) is 0 Å². The largest absolute Gasteiger partial charge is 0.317 e. The Kier molecular flexibility index (Phi) is 8.13. The van der Waals surface area contributed by atoms with Crippen LogP contribution in [0.3, 0.4) is 0 Å². The quantitative estimate of drug-likeness (QED) is 0.723. The molecular weight excluding hydrogens is 244 g/mol. The van der Waals surface area contributed by atoms with Gasteiger partial charge in [0.1, 0.15) is 0 Å². The van der Waals surface area contributed by atoms with Crippen LogP contribution in [0.2, 0.25) is 0 Å². The van der Waals surface area contributed by atoms with Crippen LogP contribution < -0.4 is 5.32 Å². The van der Waals surface area contributed by atoms with Crippen LogP contribution in [0.1, 0.15) is 60.3 Å². The lowest BCUT2D eigenvalue weighted by atomic mass is 9.73. The lowest BCUT2D eigenvalue weighted by Gasteiger charge is -2.40. The molecule has 0 aromatic heterocycles. The van der Waals surface area contributed by atoms with Crippen molar-refractivity contribution < 1.29 is 0 Å². The minimum absolute atomic E-state index is 0.732. The Balaban J connectivity index is 2.58. The van der Waals surface area contributed by atoms with Crippen molar-refractivity contribution in [2.75, 3.05) is 26.7 Å². The van der Waals surface area contributed by atoms with Crippen molar-refractivity contribution in [1.82, 2.24) is 10.2 Å². The smallest absolute Gasteiger partial charge is 0.0105 e. The maximum Gasteiger partial charge on any atom is 0.0105 e. The van der Waals surface area contributed by atoms with Crippen molar-refractivity contribution in [3.63, 3.8) is 0 Å². The SMILES string of the molecule is CCC(C)CN(CC)CC1CC(C(C)C)CCC1NC. The number of nitrogens with one attached hydrogen (secondary N) is 1. The fourth-order valence-electron chi connectivity index (χ4n) is 3.72. The van der Waals surface area contributed by atoms with Gasteiger partial charge in [-0.1, -0.05) is 41.0 Å². The molecule has 0 heterocycles. The molecule has 0 saturated heterocycles. The Hall–Kier alpha value is -0.0800. The van der Waals surface area contributed by atoms with Crippen LogP contribution in [0, 0.1) is 23.7 Å². The highest BCUT2D eigenvalue weighted by atomic mass is 15.1. The maximum atomic E-state index is 3.58. The molecule has 1 N–H and O–H groups in total. The zero-order valence-electron chi connectivity index (χ0n) is 14.8. The highest BCUT2D eigenvalue weighted by Crippen LogP contribution is 2.34.